The molecule has 1 fully saturated rings. The maximum atomic E-state index is 13.2. The summed E-state index contributed by atoms with van der Waals surface area (Å²) in [5.74, 6) is -0.316. The molecule has 3 aromatic rings. The van der Waals surface area contributed by atoms with Gasteiger partial charge in [-0.25, -0.2) is 19.2 Å². The van der Waals surface area contributed by atoms with Crippen molar-refractivity contribution in [2.75, 3.05) is 45.4 Å². The highest BCUT2D eigenvalue weighted by molar-refractivity contribution is 8.00. The Morgan fingerprint density at radius 2 is 0.943 bits per heavy atom. The highest BCUT2D eigenvalue weighted by Gasteiger charge is 2.45. The number of amides is 2. The summed E-state index contributed by atoms with van der Waals surface area (Å²) in [7, 11) is -3.12. The molecule has 23 heteroatoms. The lowest BCUT2D eigenvalue weighted by Gasteiger charge is -2.43. The monoisotopic (exact) mass is 1550 g/mol. The zero-order valence-corrected chi connectivity index (χ0v) is 72.4. The van der Waals surface area contributed by atoms with E-state index in [1.165, 1.54) is 45.6 Å². The van der Waals surface area contributed by atoms with Crippen LogP contribution in [0, 0.1) is 0 Å². The lowest BCUT2D eigenvalue weighted by molar-refractivity contribution is -0.143. The highest BCUT2D eigenvalue weighted by atomic mass is 32.2. The number of esters is 2. The molecule has 18 nitrogen and oxygen atoms in total. The minimum Gasteiger partial charge on any atom is -0.467 e. The number of thioether (sulfide) groups is 1. The second kappa shape index (κ2) is 46.4. The topological polar surface area (TPSA) is 228 Å². The van der Waals surface area contributed by atoms with Crippen LogP contribution >= 0.6 is 24.4 Å². The molecule has 3 aliphatic rings. The minimum absolute atomic E-state index is 0. The number of methoxy groups -OCH3 is 2. The van der Waals surface area contributed by atoms with Gasteiger partial charge in [-0.15, -0.1) is 0 Å². The number of ether oxygens (including phenoxy) is 4. The fourth-order valence-corrected chi connectivity index (χ4v) is 14.7. The normalized spacial score (nSPS) is 18.3. The molecule has 0 heterocycles. The van der Waals surface area contributed by atoms with Crippen molar-refractivity contribution in [1.82, 2.24) is 15.5 Å². The van der Waals surface area contributed by atoms with E-state index in [2.05, 4.69) is 155 Å². The Labute approximate surface area is 645 Å². The molecule has 2 amide bonds. The van der Waals surface area contributed by atoms with Crippen molar-refractivity contribution in [3.63, 3.8) is 0 Å². The lowest BCUT2D eigenvalue weighted by atomic mass is 9.89. The van der Waals surface area contributed by atoms with E-state index in [0.29, 0.717) is 25.7 Å². The SMILES string of the molecule is C.CC(C)(C)[Si](C)(C)OC1C=CC(=O)/C(=C/c2ccccc2)C1.CC(C)(C)[Si](C)(C)OC1C=CC(=O)CC1.CCN(CC)CC.COC(=O)[C@H](CS)NC(=O)OC(C)(C)C.COC(=O)[C@H](CSC1CC(=O)/C(=C/c2ccccc2)CC1O[Si](C)(C)C(C)(C)C)NC(=O)OC(C)(C)C.O=Cc1ccccc1. The Morgan fingerprint density at radius 3 is 1.30 bits per heavy atom. The van der Waals surface area contributed by atoms with E-state index in [0.717, 1.165) is 40.5 Å². The van der Waals surface area contributed by atoms with E-state index >= 15 is 0 Å². The average molecular weight is 1550 g/mol. The van der Waals surface area contributed by atoms with Crippen LogP contribution in [-0.2, 0) is 56.2 Å². The van der Waals surface area contributed by atoms with Crippen molar-refractivity contribution in [1.29, 1.82) is 0 Å². The zero-order valence-electron chi connectivity index (χ0n) is 67.7. The summed E-state index contributed by atoms with van der Waals surface area (Å²) in [4.78, 5) is 95.9. The van der Waals surface area contributed by atoms with Crippen LogP contribution in [0.5, 0.6) is 0 Å². The molecule has 0 radical (unpaired) electrons. The Hall–Kier alpha value is -6.03. The number of carbonyl (C=O) groups is 8. The first-order valence-electron chi connectivity index (χ1n) is 36.1. The van der Waals surface area contributed by atoms with Crippen LogP contribution in [0.2, 0.25) is 54.4 Å². The smallest absolute Gasteiger partial charge is 0.408 e. The molecular formula is C82H133N3O15S2Si3. The van der Waals surface area contributed by atoms with Gasteiger partial charge in [-0.2, -0.15) is 24.4 Å². The number of hydrogen-bond donors (Lipinski definition) is 3. The number of carbonyl (C=O) groups excluding carboxylic acids is 8. The van der Waals surface area contributed by atoms with Crippen molar-refractivity contribution in [3.05, 3.63) is 143 Å². The number of aldehydes is 1. The third-order valence-corrected chi connectivity index (χ3v) is 33.6. The summed E-state index contributed by atoms with van der Waals surface area (Å²) in [6.45, 7) is 54.0. The third kappa shape index (κ3) is 39.1. The molecule has 3 aliphatic carbocycles. The van der Waals surface area contributed by atoms with Gasteiger partial charge in [0, 0.05) is 53.6 Å². The van der Waals surface area contributed by atoms with E-state index in [4.69, 9.17) is 27.5 Å². The zero-order chi connectivity index (χ0) is 79.7. The molecule has 105 heavy (non-hydrogen) atoms. The third-order valence-electron chi connectivity index (χ3n) is 18.3. The number of allylic oxidation sites excluding steroid dienone is 2. The number of nitrogens with zero attached hydrogens (tertiary/aromatic N) is 1. The van der Waals surface area contributed by atoms with Crippen LogP contribution in [0.3, 0.4) is 0 Å². The van der Waals surface area contributed by atoms with E-state index in [1.807, 2.05) is 103 Å². The van der Waals surface area contributed by atoms with Gasteiger partial charge in [0.1, 0.15) is 29.6 Å². The van der Waals surface area contributed by atoms with Gasteiger partial charge in [0.05, 0.1) is 32.5 Å². The number of alkyl carbamates (subject to hydrolysis) is 2. The Balaban J connectivity index is 0.00000135. The standard InChI is InChI=1S/C28H43NO6SSi.C19H26O2Si.C12H22O2Si.C9H17NO4S.C7H6O.C6H15N.CH4/c1-27(2,3)34-26(32)29-21(25(31)33-7)18-36-24-17-22(30)20(15-19-13-11-10-12-14-19)16-23(24)35-37(8,9)28(4,5)6;1-19(2,3)22(4,5)21-17-11-12-18(20)16(14-17)13-15-9-7-6-8-10-15;1-12(2,3)15(4,5)14-11-8-6-10(13)7-9-11;1-9(2,3)14-8(12)10-6(5-15)7(11)13-4;8-6-7-4-2-1-3-5-7;1-4-7(5-2)6-3;/h10-15,21,23-24H,16-18H2,1-9H3,(H,29,32);6-13,17H,14H2,1-5H3;6,8,11H,7,9H2,1-5H3;6,15H,5H2,1-4H3,(H,10,12);1-6H;4-6H2,1-3H3;1H4/b20-15+;16-13+;;;;;/t21-,23?,24?;;;6-;;;/m0..0.../s1. The number of benzene rings is 3. The molecule has 6 rings (SSSR count). The molecule has 0 bridgehead atoms. The number of rotatable bonds is 20. The van der Waals surface area contributed by atoms with Gasteiger partial charge >= 0.3 is 24.1 Å². The van der Waals surface area contributed by atoms with Crippen molar-refractivity contribution in [3.8, 4) is 0 Å². The Bertz CT molecular complexity index is 3260. The molecule has 0 aliphatic heterocycles. The van der Waals surface area contributed by atoms with Crippen molar-refractivity contribution >= 4 is 109 Å². The summed E-state index contributed by atoms with van der Waals surface area (Å²) in [6.07, 6.45) is 13.5. The molecule has 1 saturated carbocycles. The van der Waals surface area contributed by atoms with Crippen molar-refractivity contribution < 1.29 is 70.6 Å². The van der Waals surface area contributed by atoms with Crippen LogP contribution in [0.4, 0.5) is 9.59 Å². The van der Waals surface area contributed by atoms with E-state index in [9.17, 15) is 38.4 Å². The molecule has 6 atom stereocenters. The highest BCUT2D eigenvalue weighted by Crippen LogP contribution is 2.43. The largest absolute Gasteiger partial charge is 0.467 e. The van der Waals surface area contributed by atoms with E-state index in [1.54, 1.807) is 65.8 Å². The van der Waals surface area contributed by atoms with Gasteiger partial charge in [-0.3, -0.25) is 19.2 Å². The molecule has 0 saturated heterocycles. The van der Waals surface area contributed by atoms with Gasteiger partial charge in [0.25, 0.3) is 0 Å². The predicted octanol–water partition coefficient (Wildman–Crippen LogP) is 18.7. The fraction of sp³-hybridized carbons (Fsp3) is 0.585. The van der Waals surface area contributed by atoms with Crippen LogP contribution < -0.4 is 10.6 Å². The summed E-state index contributed by atoms with van der Waals surface area (Å²) in [5, 5.41) is 5.23. The molecule has 2 N–H and O–H groups in total. The predicted molar refractivity (Wildman–Crippen MR) is 444 cm³/mol. The molecule has 4 unspecified atom stereocenters. The van der Waals surface area contributed by atoms with Gasteiger partial charge in [0.2, 0.25) is 0 Å². The van der Waals surface area contributed by atoms with Crippen LogP contribution in [-0.4, -0.2) is 170 Å². The van der Waals surface area contributed by atoms with Gasteiger partial charge in [-0.05, 0) is 163 Å². The number of hydrogen-bond acceptors (Lipinski definition) is 18. The second-order valence-electron chi connectivity index (χ2n) is 32.2. The lowest BCUT2D eigenvalue weighted by Crippen LogP contribution is -2.49. The first-order chi connectivity index (χ1) is 48.0. The maximum absolute atomic E-state index is 13.2. The number of Topliss-reactive ketones (excluding diaryl/α,β-unsaturated/α-hetero) is 1. The first kappa shape index (κ1) is 99.0. The molecule has 3 aromatic carbocycles. The van der Waals surface area contributed by atoms with Gasteiger partial charge < -0.3 is 47.8 Å². The molecule has 590 valence electrons. The first-order valence-corrected chi connectivity index (χ1v) is 46.5. The molecule has 0 spiro atoms. The molecular weight excluding hydrogens is 1420 g/mol. The average Bonchev–Trinajstić information content (AvgIpc) is 0.802. The number of thiol groups is 1. The summed E-state index contributed by atoms with van der Waals surface area (Å²) < 4.78 is 39.1. The fourth-order valence-electron chi connectivity index (χ4n) is 9.13. The van der Waals surface area contributed by atoms with Crippen molar-refractivity contribution in [2.24, 2.45) is 0 Å². The van der Waals surface area contributed by atoms with Gasteiger partial charge in [0.15, 0.2) is 42.3 Å². The second-order valence-corrected chi connectivity index (χ2v) is 48.1. The van der Waals surface area contributed by atoms with Gasteiger partial charge in [-0.1, -0.05) is 194 Å². The van der Waals surface area contributed by atoms with E-state index in [-0.39, 0.29) is 75.0 Å². The summed E-state index contributed by atoms with van der Waals surface area (Å²) in [5.41, 5.74) is 3.06. The summed E-state index contributed by atoms with van der Waals surface area (Å²) in [6, 6.07) is 27.2. The van der Waals surface area contributed by atoms with Crippen LogP contribution in [0.25, 0.3) is 12.2 Å². The summed E-state index contributed by atoms with van der Waals surface area (Å²) >= 11 is 5.38. The van der Waals surface area contributed by atoms with Crippen LogP contribution in [0.15, 0.2) is 126 Å². The molecule has 0 aromatic heterocycles. The minimum atomic E-state index is -2.15. The number of ketones is 3. The maximum Gasteiger partial charge on any atom is 0.408 e. The van der Waals surface area contributed by atoms with Crippen LogP contribution in [0.1, 0.15) is 186 Å². The number of nitrogens with one attached hydrogen (secondary N) is 2. The van der Waals surface area contributed by atoms with E-state index < -0.39 is 72.4 Å². The Kier molecular flexibility index (Phi) is 43.7. The Morgan fingerprint density at radius 1 is 0.552 bits per heavy atom. The quantitative estimate of drug-likeness (QED) is 0.0238. The van der Waals surface area contributed by atoms with Crippen molar-refractivity contribution in [2.45, 2.75) is 265 Å².